The second kappa shape index (κ2) is 10.6. The van der Waals surface area contributed by atoms with Crippen molar-refractivity contribution in [2.45, 2.75) is 44.0 Å². The van der Waals surface area contributed by atoms with E-state index in [9.17, 15) is 5.11 Å². The Bertz CT molecular complexity index is 1460. The van der Waals surface area contributed by atoms with E-state index in [4.69, 9.17) is 14.7 Å². The Balaban J connectivity index is 1.49. The Morgan fingerprint density at radius 3 is 2.51 bits per heavy atom. The lowest BCUT2D eigenvalue weighted by atomic mass is 9.88. The smallest absolute Gasteiger partial charge is 0.231 e. The molecule has 0 atom stereocenters. The first-order valence-corrected chi connectivity index (χ1v) is 15.2. The van der Waals surface area contributed by atoms with Crippen LogP contribution in [0, 0.1) is 0 Å². The van der Waals surface area contributed by atoms with Gasteiger partial charge < -0.3 is 30.7 Å². The van der Waals surface area contributed by atoms with Crippen LogP contribution in [0.2, 0.25) is 0 Å². The molecular formula is C29H39N7O2S. The maximum atomic E-state index is 10.8. The number of para-hydroxylation sites is 1. The molecule has 39 heavy (non-hydrogen) atoms. The van der Waals surface area contributed by atoms with Crippen LogP contribution in [0.15, 0.2) is 47.4 Å². The third-order valence-electron chi connectivity index (χ3n) is 6.91. The number of aromatic nitrogens is 2. The lowest BCUT2D eigenvalue weighted by Gasteiger charge is -2.29. The molecule has 0 bridgehead atoms. The van der Waals surface area contributed by atoms with Gasteiger partial charge in [0.05, 0.1) is 24.6 Å². The molecule has 0 unspecified atom stereocenters. The van der Waals surface area contributed by atoms with Crippen molar-refractivity contribution in [1.29, 1.82) is 0 Å². The van der Waals surface area contributed by atoms with Crippen LogP contribution in [0.3, 0.4) is 0 Å². The third kappa shape index (κ3) is 5.78. The molecule has 0 radical (unpaired) electrons. The minimum Gasteiger partial charge on any atom is -0.506 e. The van der Waals surface area contributed by atoms with Crippen LogP contribution >= 0.6 is 9.39 Å². The van der Waals surface area contributed by atoms with Gasteiger partial charge in [-0.25, -0.2) is 0 Å². The highest BCUT2D eigenvalue weighted by Crippen LogP contribution is 2.43. The van der Waals surface area contributed by atoms with Crippen molar-refractivity contribution >= 4 is 55.8 Å². The van der Waals surface area contributed by atoms with Gasteiger partial charge in [-0.3, -0.25) is 4.72 Å². The van der Waals surface area contributed by atoms with E-state index in [0.29, 0.717) is 30.7 Å². The lowest BCUT2D eigenvalue weighted by Crippen LogP contribution is -2.36. The molecule has 5 rings (SSSR count). The first kappa shape index (κ1) is 27.1. The van der Waals surface area contributed by atoms with E-state index in [0.717, 1.165) is 47.3 Å². The molecule has 0 amide bonds. The number of nitrogens with zero attached hydrogens (tertiary/aromatic N) is 3. The number of hydrogen-bond donors (Lipinski definition) is 5. The minimum absolute atomic E-state index is 0.137. The molecule has 208 valence electrons. The van der Waals surface area contributed by atoms with Crippen molar-refractivity contribution < 1.29 is 9.84 Å². The Morgan fingerprint density at radius 1 is 1.05 bits per heavy atom. The normalized spacial score (nSPS) is 16.6. The maximum Gasteiger partial charge on any atom is 0.231 e. The molecule has 5 N–H and O–H groups in total. The quantitative estimate of drug-likeness (QED) is 0.193. The molecule has 2 aromatic carbocycles. The highest BCUT2D eigenvalue weighted by molar-refractivity contribution is 8.26. The number of ether oxygens (including phenoxy) is 1. The third-order valence-corrected chi connectivity index (χ3v) is 9.03. The van der Waals surface area contributed by atoms with E-state index < -0.39 is 9.39 Å². The molecule has 3 aromatic rings. The highest BCUT2D eigenvalue weighted by Gasteiger charge is 2.35. The van der Waals surface area contributed by atoms with Crippen molar-refractivity contribution in [2.75, 3.05) is 53.7 Å². The molecule has 10 heteroatoms. The van der Waals surface area contributed by atoms with Crippen LogP contribution in [0.25, 0.3) is 0 Å². The standard InChI is InChI=1S/C29H39N7O2S/c1-19(2)35-39(5,6)24-10-8-7-9-22(24)31-27-25-26(30-18-29(25,3)4)33-28(34-27)32-21-12-11-20(17-23(21)37)36-13-15-38-16-14-36/h7-12,17,19,35,37H,5-6,13-16,18H2,1-4H3,(H3,30,31,32,33,34). The van der Waals surface area contributed by atoms with Gasteiger partial charge in [-0.05, 0) is 38.1 Å². The van der Waals surface area contributed by atoms with Gasteiger partial charge in [0.25, 0.3) is 0 Å². The number of phenols is 1. The summed E-state index contributed by atoms with van der Waals surface area (Å²) in [6.45, 7) is 12.3. The summed E-state index contributed by atoms with van der Waals surface area (Å²) in [7, 11) is -1.76. The Labute approximate surface area is 231 Å². The fourth-order valence-corrected chi connectivity index (χ4v) is 6.99. The van der Waals surface area contributed by atoms with Crippen molar-refractivity contribution in [3.8, 4) is 5.75 Å². The van der Waals surface area contributed by atoms with E-state index in [2.05, 4.69) is 71.1 Å². The SMILES string of the molecule is C=S(=C)(NC(C)C)c1ccccc1Nc1nc(Nc2ccc(N3CCOCC3)cc2O)nc2c1C(C)(C)CN2. The Hall–Kier alpha value is -3.47. The van der Waals surface area contributed by atoms with Crippen molar-refractivity contribution in [3.05, 3.63) is 48.0 Å². The molecule has 1 aromatic heterocycles. The monoisotopic (exact) mass is 549 g/mol. The molecule has 0 spiro atoms. The number of anilines is 6. The number of phenolic OH excluding ortho intramolecular Hbond substituents is 1. The summed E-state index contributed by atoms with van der Waals surface area (Å²) in [6, 6.07) is 14.0. The fraction of sp³-hybridized carbons (Fsp3) is 0.379. The number of nitrogens with one attached hydrogen (secondary N) is 4. The van der Waals surface area contributed by atoms with Crippen LogP contribution in [0.4, 0.5) is 34.6 Å². The zero-order chi connectivity index (χ0) is 27.8. The zero-order valence-corrected chi connectivity index (χ0v) is 24.0. The summed E-state index contributed by atoms with van der Waals surface area (Å²) in [5.74, 6) is 10.9. The average Bonchev–Trinajstić information content (AvgIpc) is 3.19. The summed E-state index contributed by atoms with van der Waals surface area (Å²) in [4.78, 5) is 12.9. The van der Waals surface area contributed by atoms with Crippen LogP contribution in [-0.2, 0) is 10.2 Å². The molecule has 0 saturated carbocycles. The van der Waals surface area contributed by atoms with Crippen LogP contribution in [-0.4, -0.2) is 65.7 Å². The van der Waals surface area contributed by atoms with Crippen LogP contribution in [0.1, 0.15) is 33.3 Å². The number of rotatable bonds is 8. The van der Waals surface area contributed by atoms with Crippen molar-refractivity contribution in [2.24, 2.45) is 0 Å². The van der Waals surface area contributed by atoms with E-state index in [-0.39, 0.29) is 17.2 Å². The second-order valence-corrected chi connectivity index (χ2v) is 13.5. The van der Waals surface area contributed by atoms with E-state index in [1.807, 2.05) is 30.3 Å². The molecular weight excluding hydrogens is 510 g/mol. The van der Waals surface area contributed by atoms with Gasteiger partial charge in [-0.15, -0.1) is 9.39 Å². The van der Waals surface area contributed by atoms with Crippen LogP contribution < -0.4 is 25.6 Å². The van der Waals surface area contributed by atoms with E-state index in [1.165, 1.54) is 0 Å². The van der Waals surface area contributed by atoms with Gasteiger partial charge in [-0.1, -0.05) is 37.7 Å². The second-order valence-electron chi connectivity index (χ2n) is 11.1. The molecule has 9 nitrogen and oxygen atoms in total. The average molecular weight is 550 g/mol. The molecule has 2 aliphatic rings. The number of hydrogen-bond acceptors (Lipinski definition) is 9. The highest BCUT2D eigenvalue weighted by atomic mass is 32.2. The molecule has 1 fully saturated rings. The van der Waals surface area contributed by atoms with Crippen molar-refractivity contribution in [3.63, 3.8) is 0 Å². The van der Waals surface area contributed by atoms with Crippen LogP contribution in [0.5, 0.6) is 5.75 Å². The largest absolute Gasteiger partial charge is 0.506 e. The van der Waals surface area contributed by atoms with Gasteiger partial charge in [0.15, 0.2) is 0 Å². The first-order chi connectivity index (χ1) is 18.5. The Morgan fingerprint density at radius 2 is 1.79 bits per heavy atom. The van der Waals surface area contributed by atoms with Gasteiger partial charge in [0.1, 0.15) is 17.4 Å². The van der Waals surface area contributed by atoms with Crippen molar-refractivity contribution in [1.82, 2.24) is 14.7 Å². The number of aromatic hydroxyl groups is 1. The zero-order valence-electron chi connectivity index (χ0n) is 23.2. The maximum absolute atomic E-state index is 10.8. The molecule has 0 aliphatic carbocycles. The first-order valence-electron chi connectivity index (χ1n) is 13.3. The van der Waals surface area contributed by atoms with E-state index >= 15 is 0 Å². The van der Waals surface area contributed by atoms with Gasteiger partial charge in [-0.2, -0.15) is 9.97 Å². The molecule has 3 heterocycles. The summed E-state index contributed by atoms with van der Waals surface area (Å²) in [6.07, 6.45) is 0. The van der Waals surface area contributed by atoms with E-state index in [1.54, 1.807) is 6.07 Å². The fourth-order valence-electron chi connectivity index (χ4n) is 5.09. The predicted molar refractivity (Wildman–Crippen MR) is 166 cm³/mol. The number of benzene rings is 2. The summed E-state index contributed by atoms with van der Waals surface area (Å²) < 4.78 is 8.98. The number of morpholine rings is 1. The molecule has 2 aliphatic heterocycles. The summed E-state index contributed by atoms with van der Waals surface area (Å²) >= 11 is 0. The lowest BCUT2D eigenvalue weighted by molar-refractivity contribution is 0.122. The Kier molecular flexibility index (Phi) is 7.37. The van der Waals surface area contributed by atoms with Gasteiger partial charge in [0, 0.05) is 53.3 Å². The predicted octanol–water partition coefficient (Wildman–Crippen LogP) is 5.15. The number of fused-ring (bicyclic) bond motifs is 1. The van der Waals surface area contributed by atoms with Gasteiger partial charge >= 0.3 is 0 Å². The molecule has 1 saturated heterocycles. The summed E-state index contributed by atoms with van der Waals surface area (Å²) in [5.41, 5.74) is 3.23. The summed E-state index contributed by atoms with van der Waals surface area (Å²) in [5, 5.41) is 21.1. The minimum atomic E-state index is -1.76. The topological polar surface area (TPSA) is 107 Å². The van der Waals surface area contributed by atoms with Gasteiger partial charge in [0.2, 0.25) is 5.95 Å².